The molecule has 0 aliphatic heterocycles. The Labute approximate surface area is 100 Å². The standard InChI is InChI=1S/C10H18N6O/c1-8(6-17-2)15-10(16-11)13-5-9-3-4-12-7-14-9/h3-4,7-8H,5-6,11H2,1-2H3,(H2,13,15,16). The predicted molar refractivity (Wildman–Crippen MR) is 65.0 cm³/mol. The fraction of sp³-hybridized carbons (Fsp3) is 0.500. The van der Waals surface area contributed by atoms with E-state index in [4.69, 9.17) is 10.6 Å². The zero-order valence-corrected chi connectivity index (χ0v) is 10.1. The van der Waals surface area contributed by atoms with Crippen LogP contribution >= 0.6 is 0 Å². The number of guanidine groups is 1. The number of hydrogen-bond donors (Lipinski definition) is 3. The van der Waals surface area contributed by atoms with Crippen LogP contribution in [0.1, 0.15) is 12.6 Å². The number of aromatic nitrogens is 2. The second-order valence-electron chi connectivity index (χ2n) is 3.51. The van der Waals surface area contributed by atoms with Gasteiger partial charge in [0.15, 0.2) is 0 Å². The van der Waals surface area contributed by atoms with Gasteiger partial charge in [-0.3, -0.25) is 5.43 Å². The van der Waals surface area contributed by atoms with Crippen molar-refractivity contribution in [3.05, 3.63) is 24.3 Å². The maximum absolute atomic E-state index is 5.36. The van der Waals surface area contributed by atoms with Crippen LogP contribution in [0.3, 0.4) is 0 Å². The molecule has 1 rings (SSSR count). The molecule has 1 aromatic heterocycles. The Kier molecular flexibility index (Phi) is 5.91. The van der Waals surface area contributed by atoms with Gasteiger partial charge in [0.2, 0.25) is 5.96 Å². The van der Waals surface area contributed by atoms with Gasteiger partial charge >= 0.3 is 0 Å². The Morgan fingerprint density at radius 1 is 1.65 bits per heavy atom. The first-order valence-electron chi connectivity index (χ1n) is 5.27. The third kappa shape index (κ3) is 5.23. The van der Waals surface area contributed by atoms with Crippen LogP contribution in [0.25, 0.3) is 0 Å². The van der Waals surface area contributed by atoms with E-state index in [1.807, 2.05) is 6.92 Å². The molecule has 4 N–H and O–H groups in total. The highest BCUT2D eigenvalue weighted by Crippen LogP contribution is 1.93. The van der Waals surface area contributed by atoms with Gasteiger partial charge in [0.05, 0.1) is 18.8 Å². The molecule has 0 aromatic carbocycles. The summed E-state index contributed by atoms with van der Waals surface area (Å²) >= 11 is 0. The molecule has 1 unspecified atom stereocenters. The van der Waals surface area contributed by atoms with Crippen molar-refractivity contribution < 1.29 is 4.74 Å². The molecule has 0 saturated heterocycles. The Morgan fingerprint density at radius 2 is 2.47 bits per heavy atom. The summed E-state index contributed by atoms with van der Waals surface area (Å²) < 4.78 is 5.01. The van der Waals surface area contributed by atoms with Crippen LogP contribution in [-0.2, 0) is 11.3 Å². The molecule has 1 atom stereocenters. The van der Waals surface area contributed by atoms with Crippen molar-refractivity contribution in [2.75, 3.05) is 13.7 Å². The van der Waals surface area contributed by atoms with Crippen LogP contribution in [0.5, 0.6) is 0 Å². The monoisotopic (exact) mass is 238 g/mol. The first kappa shape index (κ1) is 13.3. The second-order valence-corrected chi connectivity index (χ2v) is 3.51. The minimum absolute atomic E-state index is 0.125. The van der Waals surface area contributed by atoms with Gasteiger partial charge in [-0.05, 0) is 13.0 Å². The number of methoxy groups -OCH3 is 1. The maximum Gasteiger partial charge on any atom is 0.206 e. The lowest BCUT2D eigenvalue weighted by molar-refractivity contribution is 0.179. The topological polar surface area (TPSA) is 97.4 Å². The summed E-state index contributed by atoms with van der Waals surface area (Å²) in [5, 5.41) is 3.08. The van der Waals surface area contributed by atoms with E-state index in [0.29, 0.717) is 19.1 Å². The number of hydrazine groups is 1. The zero-order valence-electron chi connectivity index (χ0n) is 10.1. The summed E-state index contributed by atoms with van der Waals surface area (Å²) in [5.41, 5.74) is 3.33. The van der Waals surface area contributed by atoms with Gasteiger partial charge in [-0.15, -0.1) is 0 Å². The van der Waals surface area contributed by atoms with Crippen molar-refractivity contribution in [3.8, 4) is 0 Å². The number of nitrogens with zero attached hydrogens (tertiary/aromatic N) is 3. The van der Waals surface area contributed by atoms with Gasteiger partial charge in [-0.1, -0.05) is 0 Å². The molecule has 0 spiro atoms. The first-order valence-corrected chi connectivity index (χ1v) is 5.27. The van der Waals surface area contributed by atoms with Gasteiger partial charge in [-0.25, -0.2) is 20.8 Å². The van der Waals surface area contributed by atoms with Crippen LogP contribution in [0.2, 0.25) is 0 Å². The number of hydrogen-bond acceptors (Lipinski definition) is 5. The lowest BCUT2D eigenvalue weighted by Gasteiger charge is -2.15. The third-order valence-corrected chi connectivity index (χ3v) is 1.98. The van der Waals surface area contributed by atoms with Crippen molar-refractivity contribution in [1.82, 2.24) is 20.7 Å². The highest BCUT2D eigenvalue weighted by Gasteiger charge is 2.03. The van der Waals surface area contributed by atoms with E-state index in [2.05, 4.69) is 25.7 Å². The summed E-state index contributed by atoms with van der Waals surface area (Å²) in [4.78, 5) is 12.2. The lowest BCUT2D eigenvalue weighted by atomic mass is 10.4. The van der Waals surface area contributed by atoms with Crippen molar-refractivity contribution in [2.45, 2.75) is 19.5 Å². The number of nitrogens with two attached hydrogens (primary N) is 1. The largest absolute Gasteiger partial charge is 0.383 e. The highest BCUT2D eigenvalue weighted by molar-refractivity contribution is 5.79. The van der Waals surface area contributed by atoms with Crippen LogP contribution in [0.4, 0.5) is 0 Å². The van der Waals surface area contributed by atoms with Crippen LogP contribution in [0.15, 0.2) is 23.6 Å². The molecule has 17 heavy (non-hydrogen) atoms. The first-order chi connectivity index (χ1) is 8.26. The van der Waals surface area contributed by atoms with Crippen LogP contribution in [0, 0.1) is 0 Å². The molecule has 0 radical (unpaired) electrons. The van der Waals surface area contributed by atoms with Crippen molar-refractivity contribution in [3.63, 3.8) is 0 Å². The summed E-state index contributed by atoms with van der Waals surface area (Å²) in [6.45, 7) is 2.99. The van der Waals surface area contributed by atoms with Crippen molar-refractivity contribution >= 4 is 5.96 Å². The van der Waals surface area contributed by atoms with Gasteiger partial charge in [-0.2, -0.15) is 0 Å². The van der Waals surface area contributed by atoms with E-state index in [1.165, 1.54) is 6.33 Å². The Balaban J connectivity index is 2.49. The van der Waals surface area contributed by atoms with Crippen molar-refractivity contribution in [1.29, 1.82) is 0 Å². The molecular weight excluding hydrogens is 220 g/mol. The molecule has 0 amide bonds. The quantitative estimate of drug-likeness (QED) is 0.275. The molecule has 1 aromatic rings. The van der Waals surface area contributed by atoms with Gasteiger partial charge < -0.3 is 10.1 Å². The molecule has 0 aliphatic carbocycles. The molecule has 94 valence electrons. The number of aliphatic imine (C=N–C) groups is 1. The fourth-order valence-corrected chi connectivity index (χ4v) is 1.23. The average molecular weight is 238 g/mol. The van der Waals surface area contributed by atoms with E-state index >= 15 is 0 Å². The zero-order chi connectivity index (χ0) is 12.5. The Hall–Kier alpha value is -1.73. The normalized spacial score (nSPS) is 13.2. The molecule has 7 nitrogen and oxygen atoms in total. The molecular formula is C10H18N6O. The number of ether oxygens (including phenoxy) is 1. The van der Waals surface area contributed by atoms with Crippen LogP contribution < -0.4 is 16.6 Å². The van der Waals surface area contributed by atoms with Gasteiger partial charge in [0.25, 0.3) is 0 Å². The third-order valence-electron chi connectivity index (χ3n) is 1.98. The summed E-state index contributed by atoms with van der Waals surface area (Å²) in [5.74, 6) is 5.87. The maximum atomic E-state index is 5.36. The molecule has 0 fully saturated rings. The summed E-state index contributed by atoms with van der Waals surface area (Å²) in [7, 11) is 1.64. The molecule has 1 heterocycles. The number of rotatable bonds is 5. The van der Waals surface area contributed by atoms with Gasteiger partial charge in [0.1, 0.15) is 6.33 Å². The summed E-state index contributed by atoms with van der Waals surface area (Å²) in [6, 6.07) is 1.93. The minimum Gasteiger partial charge on any atom is -0.383 e. The highest BCUT2D eigenvalue weighted by atomic mass is 16.5. The predicted octanol–water partition coefficient (Wildman–Crippen LogP) is -0.580. The lowest BCUT2D eigenvalue weighted by Crippen LogP contribution is -2.46. The van der Waals surface area contributed by atoms with E-state index in [1.54, 1.807) is 19.4 Å². The second kappa shape index (κ2) is 7.53. The average Bonchev–Trinajstić information content (AvgIpc) is 2.36. The van der Waals surface area contributed by atoms with Gasteiger partial charge in [0, 0.05) is 19.3 Å². The van der Waals surface area contributed by atoms with Crippen LogP contribution in [-0.4, -0.2) is 35.7 Å². The van der Waals surface area contributed by atoms with E-state index in [-0.39, 0.29) is 6.04 Å². The minimum atomic E-state index is 0.125. The fourth-order valence-electron chi connectivity index (χ4n) is 1.23. The molecule has 0 aliphatic rings. The summed E-state index contributed by atoms with van der Waals surface area (Å²) in [6.07, 6.45) is 3.16. The number of nitrogens with one attached hydrogen (secondary N) is 2. The smallest absolute Gasteiger partial charge is 0.206 e. The Morgan fingerprint density at radius 3 is 3.06 bits per heavy atom. The molecule has 7 heteroatoms. The van der Waals surface area contributed by atoms with E-state index < -0.39 is 0 Å². The van der Waals surface area contributed by atoms with E-state index in [0.717, 1.165) is 5.69 Å². The van der Waals surface area contributed by atoms with E-state index in [9.17, 15) is 0 Å². The SMILES string of the molecule is COCC(C)NC(=NCc1ccncn1)NN. The molecule has 0 saturated carbocycles. The van der Waals surface area contributed by atoms with Crippen molar-refractivity contribution in [2.24, 2.45) is 10.8 Å². The Bertz CT molecular complexity index is 342. The molecule has 0 bridgehead atoms.